The summed E-state index contributed by atoms with van der Waals surface area (Å²) < 4.78 is 21.1. The highest BCUT2D eigenvalue weighted by molar-refractivity contribution is 5.98. The number of aromatic nitrogens is 5. The molecular formula is C39H42N6O8. The second-order valence-corrected chi connectivity index (χ2v) is 14.0. The summed E-state index contributed by atoms with van der Waals surface area (Å²) in [5.41, 5.74) is 2.51. The number of carbonyl (C=O) groups excluding carboxylic acids is 1. The molecule has 0 bridgehead atoms. The van der Waals surface area contributed by atoms with Crippen molar-refractivity contribution in [3.05, 3.63) is 108 Å². The highest BCUT2D eigenvalue weighted by Crippen LogP contribution is 2.63. The number of amides is 1. The van der Waals surface area contributed by atoms with Crippen LogP contribution in [-0.4, -0.2) is 37.6 Å². The van der Waals surface area contributed by atoms with E-state index in [-0.39, 0.29) is 28.8 Å². The zero-order chi connectivity index (χ0) is 37.0. The van der Waals surface area contributed by atoms with E-state index in [0.717, 1.165) is 43.6 Å². The number of nitrogens with one attached hydrogen (secondary N) is 2. The summed E-state index contributed by atoms with van der Waals surface area (Å²) in [7, 11) is 0. The minimum Gasteiger partial charge on any atom is -0.465 e. The second-order valence-electron chi connectivity index (χ2n) is 14.0. The fourth-order valence-electron chi connectivity index (χ4n) is 7.02. The third-order valence-electron chi connectivity index (χ3n) is 10.1. The third-order valence-corrected chi connectivity index (χ3v) is 10.1. The first kappa shape index (κ1) is 35.7. The number of rotatable bonds is 14. The van der Waals surface area contributed by atoms with Crippen molar-refractivity contribution in [2.75, 3.05) is 6.61 Å². The van der Waals surface area contributed by atoms with Crippen LogP contribution < -0.4 is 26.9 Å². The maximum Gasteiger partial charge on any atom is 0.337 e. The van der Waals surface area contributed by atoms with E-state index in [1.54, 1.807) is 12.3 Å². The Balaban J connectivity index is 0.000000178. The van der Waals surface area contributed by atoms with Crippen molar-refractivity contribution in [1.29, 1.82) is 0 Å². The van der Waals surface area contributed by atoms with E-state index < -0.39 is 5.63 Å². The Morgan fingerprint density at radius 2 is 1.77 bits per heavy atom. The van der Waals surface area contributed by atoms with Crippen LogP contribution in [0.3, 0.4) is 0 Å². The van der Waals surface area contributed by atoms with E-state index in [2.05, 4.69) is 37.0 Å². The molecule has 2 fully saturated rings. The predicted molar refractivity (Wildman–Crippen MR) is 193 cm³/mol. The number of aryl methyl sites for hydroxylation is 3. The average molecular weight is 723 g/mol. The van der Waals surface area contributed by atoms with Gasteiger partial charge in [-0.1, -0.05) is 31.1 Å². The van der Waals surface area contributed by atoms with Crippen molar-refractivity contribution in [3.8, 4) is 17.6 Å². The number of allylic oxidation sites excluding steroid dienone is 1. The molecule has 14 nitrogen and oxygen atoms in total. The molecular weight excluding hydrogens is 680 g/mol. The lowest BCUT2D eigenvalue weighted by molar-refractivity contribution is 0.0952. The van der Waals surface area contributed by atoms with Gasteiger partial charge in [0.1, 0.15) is 16.8 Å². The van der Waals surface area contributed by atoms with Gasteiger partial charge in [0, 0.05) is 36.9 Å². The van der Waals surface area contributed by atoms with Gasteiger partial charge in [0.15, 0.2) is 5.82 Å². The number of ether oxygens (including phenoxy) is 1. The van der Waals surface area contributed by atoms with Crippen LogP contribution in [0.25, 0.3) is 22.7 Å². The number of hydrogen-bond donors (Lipinski definition) is 2. The molecule has 1 aliphatic heterocycles. The lowest BCUT2D eigenvalue weighted by Gasteiger charge is -2.20. The Morgan fingerprint density at radius 1 is 0.962 bits per heavy atom. The minimum absolute atomic E-state index is 0.00352. The monoisotopic (exact) mass is 722 g/mol. The number of fused-ring (bicyclic) bond motifs is 2. The van der Waals surface area contributed by atoms with Crippen molar-refractivity contribution in [2.45, 2.75) is 90.4 Å². The zero-order valence-electron chi connectivity index (χ0n) is 29.7. The van der Waals surface area contributed by atoms with E-state index in [4.69, 9.17) is 18.1 Å². The highest BCUT2D eigenvalue weighted by atomic mass is 16.5. The molecule has 0 saturated heterocycles. The summed E-state index contributed by atoms with van der Waals surface area (Å²) in [6, 6.07) is 8.35. The van der Waals surface area contributed by atoms with Gasteiger partial charge in [-0.25, -0.2) is 9.59 Å². The van der Waals surface area contributed by atoms with Gasteiger partial charge in [-0.05, 0) is 98.8 Å². The van der Waals surface area contributed by atoms with E-state index in [0.29, 0.717) is 83.1 Å². The van der Waals surface area contributed by atoms with Crippen molar-refractivity contribution >= 4 is 17.0 Å². The molecule has 5 aromatic heterocycles. The van der Waals surface area contributed by atoms with Crippen LogP contribution in [0.5, 0.6) is 6.01 Å². The summed E-state index contributed by atoms with van der Waals surface area (Å²) in [5.74, 6) is 2.15. The van der Waals surface area contributed by atoms with Crippen LogP contribution in [0.15, 0.2) is 76.5 Å². The molecule has 0 unspecified atom stereocenters. The number of H-pyrrole nitrogens is 1. The van der Waals surface area contributed by atoms with Gasteiger partial charge >= 0.3 is 11.3 Å². The first-order valence-electron chi connectivity index (χ1n) is 18.3. The molecule has 2 N–H and O–H groups in total. The van der Waals surface area contributed by atoms with Crippen LogP contribution in [0.4, 0.5) is 0 Å². The molecule has 276 valence electrons. The van der Waals surface area contributed by atoms with E-state index in [1.807, 2.05) is 19.1 Å². The van der Waals surface area contributed by atoms with Crippen molar-refractivity contribution in [1.82, 2.24) is 30.4 Å². The normalized spacial score (nSPS) is 15.7. The topological polar surface area (TPSA) is 196 Å². The molecule has 53 heavy (non-hydrogen) atoms. The predicted octanol–water partition coefficient (Wildman–Crippen LogP) is 5.63. The first-order chi connectivity index (χ1) is 25.7. The van der Waals surface area contributed by atoms with Crippen LogP contribution in [0, 0.1) is 11.3 Å². The lowest BCUT2D eigenvalue weighted by Crippen LogP contribution is -2.32. The molecule has 6 heterocycles. The highest BCUT2D eigenvalue weighted by Gasteiger charge is 2.53. The maximum atomic E-state index is 12.5. The van der Waals surface area contributed by atoms with Gasteiger partial charge in [0.05, 0.1) is 12.2 Å². The van der Waals surface area contributed by atoms with Crippen LogP contribution in [0.2, 0.25) is 0 Å². The molecule has 0 spiro atoms. The van der Waals surface area contributed by atoms with Gasteiger partial charge in [0.25, 0.3) is 23.4 Å². The van der Waals surface area contributed by atoms with Crippen LogP contribution in [0.1, 0.15) is 97.8 Å². The van der Waals surface area contributed by atoms with Gasteiger partial charge < -0.3 is 23.4 Å². The first-order valence-corrected chi connectivity index (χ1v) is 18.3. The molecule has 0 aromatic carbocycles. The minimum atomic E-state index is -0.530. The van der Waals surface area contributed by atoms with Crippen molar-refractivity contribution < 1.29 is 22.9 Å². The number of carbonyl (C=O) groups is 1. The Morgan fingerprint density at radius 3 is 2.53 bits per heavy atom. The SMILES string of the molecule is C=C1Cc2oc(=O)cc(CCC3(C4CC4)CC3)c2C(=O)N1.CCCCc1cc(=O)oc2nc(OCCCCc3noc(-c4ccccn4)n3)[nH]c(=O)c12. The largest absolute Gasteiger partial charge is 0.465 e. The summed E-state index contributed by atoms with van der Waals surface area (Å²) in [6.45, 7) is 6.12. The number of aromatic amines is 1. The molecule has 3 aliphatic rings. The van der Waals surface area contributed by atoms with Gasteiger partial charge in [0.2, 0.25) is 5.71 Å². The Labute approximate surface area is 304 Å². The summed E-state index contributed by atoms with van der Waals surface area (Å²) in [6.07, 6.45) is 13.7. The average Bonchev–Trinajstić information content (AvgIpc) is 4.07. The molecule has 2 saturated carbocycles. The number of pyridine rings is 1. The lowest BCUT2D eigenvalue weighted by atomic mass is 9.89. The van der Waals surface area contributed by atoms with Crippen LogP contribution >= 0.6 is 0 Å². The molecule has 8 rings (SSSR count). The number of hydrogen-bond acceptors (Lipinski definition) is 12. The standard InChI is InChI=1S/C22H23N5O5.C17H19NO3/c1-2-3-8-14-13-17(28)31-21-18(14)19(29)25-22(26-21)30-12-7-5-10-16-24-20(32-27-16)15-9-4-6-11-23-15;1-10-8-13-15(16(20)18-10)11(9-14(19)21-13)4-5-17(6-7-17)12-2-3-12/h4,6,9,11,13H,2-3,5,7-8,10,12H2,1H3,(H,25,26,29);9,12H,1-8H2,(H,18,20). The number of nitrogens with zero attached hydrogens (tertiary/aromatic N) is 4. The van der Waals surface area contributed by atoms with Crippen LogP contribution in [-0.2, 0) is 25.7 Å². The fourth-order valence-corrected chi connectivity index (χ4v) is 7.02. The van der Waals surface area contributed by atoms with E-state index in [9.17, 15) is 19.2 Å². The van der Waals surface area contributed by atoms with Gasteiger partial charge in [-0.2, -0.15) is 9.97 Å². The number of unbranched alkanes of at least 4 members (excludes halogenated alkanes) is 2. The molecule has 2 aliphatic carbocycles. The zero-order valence-corrected chi connectivity index (χ0v) is 29.7. The van der Waals surface area contributed by atoms with Gasteiger partial charge in [-0.15, -0.1) is 0 Å². The smallest absolute Gasteiger partial charge is 0.337 e. The quantitative estimate of drug-likeness (QED) is 0.134. The summed E-state index contributed by atoms with van der Waals surface area (Å²) >= 11 is 0. The van der Waals surface area contributed by atoms with Crippen molar-refractivity contribution in [3.63, 3.8) is 0 Å². The molecule has 14 heteroatoms. The molecule has 0 radical (unpaired) electrons. The summed E-state index contributed by atoms with van der Waals surface area (Å²) in [5, 5.41) is 7.01. The Bertz CT molecular complexity index is 2300. The fraction of sp³-hybridized carbons (Fsp3) is 0.436. The second kappa shape index (κ2) is 15.5. The summed E-state index contributed by atoms with van der Waals surface area (Å²) in [4.78, 5) is 63.6. The van der Waals surface area contributed by atoms with Crippen molar-refractivity contribution in [2.24, 2.45) is 11.3 Å². The van der Waals surface area contributed by atoms with E-state index in [1.165, 1.54) is 37.8 Å². The van der Waals surface area contributed by atoms with Gasteiger partial charge in [-0.3, -0.25) is 19.6 Å². The molecule has 5 aromatic rings. The Kier molecular flexibility index (Phi) is 10.5. The maximum absolute atomic E-state index is 12.5. The Hall–Kier alpha value is -5.66. The third kappa shape index (κ3) is 8.53. The van der Waals surface area contributed by atoms with E-state index >= 15 is 0 Å². The molecule has 0 atom stereocenters. The molecule has 1 amide bonds.